The molecule has 1 N–H and O–H groups in total. The van der Waals surface area contributed by atoms with Crippen molar-refractivity contribution in [3.8, 4) is 11.5 Å². The third-order valence-electron chi connectivity index (χ3n) is 5.40. The van der Waals surface area contributed by atoms with E-state index in [-0.39, 0.29) is 14.1 Å². The molecule has 0 bridgehead atoms. The average molecular weight is 588 g/mol. The van der Waals surface area contributed by atoms with E-state index in [2.05, 4.69) is 5.32 Å². The van der Waals surface area contributed by atoms with Gasteiger partial charge in [0.05, 0.1) is 37.0 Å². The summed E-state index contributed by atoms with van der Waals surface area (Å²) in [4.78, 5) is 12.9. The maximum absolute atomic E-state index is 13.6. The Bertz CT molecular complexity index is 1410. The minimum absolute atomic E-state index is 0.0790. The van der Waals surface area contributed by atoms with E-state index in [0.717, 1.165) is 15.6 Å². The van der Waals surface area contributed by atoms with Gasteiger partial charge in [-0.1, -0.05) is 23.2 Å². The van der Waals surface area contributed by atoms with Crippen molar-refractivity contribution in [2.75, 3.05) is 43.6 Å². The van der Waals surface area contributed by atoms with Gasteiger partial charge in [0.1, 0.15) is 9.77 Å². The van der Waals surface area contributed by atoms with Crippen LogP contribution < -0.4 is 19.1 Å². The SMILES string of the molecule is CCOc1ccc(N(C)S(=O)(=O)c2cc(Cl)sc2C(=O)Nc2cc(Cl)cc(C3OCCO3)c2)cc1OC. The molecule has 1 aromatic heterocycles. The number of thiophene rings is 1. The summed E-state index contributed by atoms with van der Waals surface area (Å²) in [5, 5.41) is 3.06. The number of carbonyl (C=O) groups excluding carboxylic acids is 1. The first-order valence-electron chi connectivity index (χ1n) is 11.1. The predicted octanol–water partition coefficient (Wildman–Crippen LogP) is 5.59. The van der Waals surface area contributed by atoms with Gasteiger partial charge >= 0.3 is 0 Å². The highest BCUT2D eigenvalue weighted by molar-refractivity contribution is 7.93. The van der Waals surface area contributed by atoms with Crippen LogP contribution in [-0.2, 0) is 19.5 Å². The maximum atomic E-state index is 13.6. The molecular formula is C24H24Cl2N2O7S2. The van der Waals surface area contributed by atoms with E-state index in [1.165, 1.54) is 26.3 Å². The zero-order valence-corrected chi connectivity index (χ0v) is 23.3. The number of hydrogen-bond donors (Lipinski definition) is 1. The first-order chi connectivity index (χ1) is 17.6. The van der Waals surface area contributed by atoms with Crippen LogP contribution in [-0.4, -0.2) is 48.3 Å². The van der Waals surface area contributed by atoms with Crippen molar-refractivity contribution in [3.63, 3.8) is 0 Å². The molecule has 4 rings (SSSR count). The lowest BCUT2D eigenvalue weighted by atomic mass is 10.2. The number of halogens is 2. The zero-order chi connectivity index (χ0) is 26.7. The van der Waals surface area contributed by atoms with Gasteiger partial charge in [0.25, 0.3) is 15.9 Å². The Kier molecular flexibility index (Phi) is 8.52. The Balaban J connectivity index is 1.63. The molecule has 37 heavy (non-hydrogen) atoms. The van der Waals surface area contributed by atoms with Crippen molar-refractivity contribution in [1.82, 2.24) is 0 Å². The molecule has 1 fully saturated rings. The number of nitrogens with zero attached hydrogens (tertiary/aromatic N) is 1. The number of amides is 1. The van der Waals surface area contributed by atoms with Gasteiger partial charge in [0.15, 0.2) is 17.8 Å². The number of ether oxygens (including phenoxy) is 4. The number of benzene rings is 2. The summed E-state index contributed by atoms with van der Waals surface area (Å²) in [6.07, 6.45) is -0.596. The molecule has 0 spiro atoms. The van der Waals surface area contributed by atoms with Crippen molar-refractivity contribution in [1.29, 1.82) is 0 Å². The van der Waals surface area contributed by atoms with Gasteiger partial charge in [-0.25, -0.2) is 8.42 Å². The van der Waals surface area contributed by atoms with Gasteiger partial charge in [-0.2, -0.15) is 0 Å². The number of carbonyl (C=O) groups is 1. The van der Waals surface area contributed by atoms with Crippen LogP contribution in [0.4, 0.5) is 11.4 Å². The van der Waals surface area contributed by atoms with Crippen molar-refractivity contribution in [2.24, 2.45) is 0 Å². The molecule has 0 radical (unpaired) electrons. The molecule has 198 valence electrons. The predicted molar refractivity (Wildman–Crippen MR) is 143 cm³/mol. The molecule has 2 heterocycles. The summed E-state index contributed by atoms with van der Waals surface area (Å²) in [6, 6.07) is 10.9. The van der Waals surface area contributed by atoms with E-state index in [4.69, 9.17) is 42.1 Å². The number of hydrogen-bond acceptors (Lipinski definition) is 8. The Labute approximate surface area is 228 Å². The summed E-state index contributed by atoms with van der Waals surface area (Å²) in [7, 11) is -1.34. The van der Waals surface area contributed by atoms with Gasteiger partial charge in [-0.05, 0) is 43.3 Å². The lowest BCUT2D eigenvalue weighted by molar-refractivity contribution is -0.0440. The van der Waals surface area contributed by atoms with Gasteiger partial charge in [-0.3, -0.25) is 9.10 Å². The molecule has 1 aliphatic heterocycles. The van der Waals surface area contributed by atoms with E-state index in [0.29, 0.717) is 53.3 Å². The lowest BCUT2D eigenvalue weighted by Gasteiger charge is -2.21. The molecule has 13 heteroatoms. The highest BCUT2D eigenvalue weighted by Gasteiger charge is 2.31. The highest BCUT2D eigenvalue weighted by atomic mass is 35.5. The minimum atomic E-state index is -4.18. The normalized spacial score (nSPS) is 14.0. The van der Waals surface area contributed by atoms with Crippen LogP contribution in [0.25, 0.3) is 0 Å². The van der Waals surface area contributed by atoms with E-state index in [9.17, 15) is 13.2 Å². The zero-order valence-electron chi connectivity index (χ0n) is 20.1. The Hall–Kier alpha value is -2.54. The van der Waals surface area contributed by atoms with Crippen LogP contribution in [0.15, 0.2) is 47.4 Å². The molecule has 9 nitrogen and oxygen atoms in total. The maximum Gasteiger partial charge on any atom is 0.267 e. The number of methoxy groups -OCH3 is 1. The molecule has 1 aliphatic rings. The summed E-state index contributed by atoms with van der Waals surface area (Å²) in [5.74, 6) is 0.191. The monoisotopic (exact) mass is 586 g/mol. The highest BCUT2D eigenvalue weighted by Crippen LogP contribution is 2.37. The van der Waals surface area contributed by atoms with Gasteiger partial charge in [0, 0.05) is 29.4 Å². The summed E-state index contributed by atoms with van der Waals surface area (Å²) < 4.78 is 50.2. The Morgan fingerprint density at radius 3 is 2.54 bits per heavy atom. The van der Waals surface area contributed by atoms with Crippen molar-refractivity contribution < 1.29 is 32.2 Å². The third kappa shape index (κ3) is 5.97. The largest absolute Gasteiger partial charge is 0.493 e. The second kappa shape index (κ2) is 11.5. The molecule has 0 saturated carbocycles. The number of nitrogens with one attached hydrogen (secondary N) is 1. The number of rotatable bonds is 9. The minimum Gasteiger partial charge on any atom is -0.493 e. The quantitative estimate of drug-likeness (QED) is 0.349. The second-order valence-electron chi connectivity index (χ2n) is 7.79. The Morgan fingerprint density at radius 1 is 1.14 bits per heavy atom. The third-order valence-corrected chi connectivity index (χ3v) is 8.82. The molecular weight excluding hydrogens is 563 g/mol. The lowest BCUT2D eigenvalue weighted by Crippen LogP contribution is -2.28. The Morgan fingerprint density at radius 2 is 1.86 bits per heavy atom. The van der Waals surface area contributed by atoms with Crippen LogP contribution >= 0.6 is 34.5 Å². The number of anilines is 2. The summed E-state index contributed by atoms with van der Waals surface area (Å²) >= 11 is 13.3. The molecule has 1 amide bonds. The van der Waals surface area contributed by atoms with Crippen molar-refractivity contribution in [3.05, 3.63) is 62.3 Å². The van der Waals surface area contributed by atoms with Crippen LogP contribution in [0.1, 0.15) is 28.4 Å². The molecule has 1 saturated heterocycles. The first kappa shape index (κ1) is 27.5. The van der Waals surface area contributed by atoms with Gasteiger partial charge in [-0.15, -0.1) is 11.3 Å². The fraction of sp³-hybridized carbons (Fsp3) is 0.292. The summed E-state index contributed by atoms with van der Waals surface area (Å²) in [5.41, 5.74) is 1.29. The summed E-state index contributed by atoms with van der Waals surface area (Å²) in [6.45, 7) is 3.14. The molecule has 0 unspecified atom stereocenters. The second-order valence-corrected chi connectivity index (χ2v) is 11.8. The van der Waals surface area contributed by atoms with Gasteiger partial charge < -0.3 is 24.3 Å². The van der Waals surface area contributed by atoms with E-state index in [1.807, 2.05) is 6.92 Å². The van der Waals surface area contributed by atoms with Crippen molar-refractivity contribution in [2.45, 2.75) is 18.1 Å². The molecule has 0 aliphatic carbocycles. The molecule has 3 aromatic rings. The van der Waals surface area contributed by atoms with Crippen LogP contribution in [0.2, 0.25) is 9.36 Å². The first-order valence-corrected chi connectivity index (χ1v) is 14.1. The molecule has 2 aromatic carbocycles. The standard InChI is InChI=1S/C24H24Cl2N2O7S2/c1-4-33-18-6-5-17(12-19(18)32-3)28(2)37(30,31)20-13-21(26)36-22(20)23(29)27-16-10-14(9-15(25)11-16)24-34-7-8-35-24/h5-6,9-13,24H,4,7-8H2,1-3H3,(H,27,29). The topological polar surface area (TPSA) is 103 Å². The van der Waals surface area contributed by atoms with E-state index in [1.54, 1.807) is 30.3 Å². The van der Waals surface area contributed by atoms with Crippen LogP contribution in [0, 0.1) is 0 Å². The number of sulfonamides is 1. The van der Waals surface area contributed by atoms with E-state index >= 15 is 0 Å². The fourth-order valence-corrected chi connectivity index (χ4v) is 6.79. The molecule has 0 atom stereocenters. The van der Waals surface area contributed by atoms with Crippen LogP contribution in [0.5, 0.6) is 11.5 Å². The average Bonchev–Trinajstić information content (AvgIpc) is 3.54. The van der Waals surface area contributed by atoms with E-state index < -0.39 is 22.2 Å². The van der Waals surface area contributed by atoms with Gasteiger partial charge in [0.2, 0.25) is 0 Å². The van der Waals surface area contributed by atoms with Crippen LogP contribution in [0.3, 0.4) is 0 Å². The fourth-order valence-electron chi connectivity index (χ4n) is 3.67. The van der Waals surface area contributed by atoms with Crippen molar-refractivity contribution >= 4 is 61.8 Å². The smallest absolute Gasteiger partial charge is 0.267 e.